The molecular weight excluding hydrogens is 288 g/mol. The summed E-state index contributed by atoms with van der Waals surface area (Å²) in [6.45, 7) is 4.07. The molecule has 106 valence electrons. The summed E-state index contributed by atoms with van der Waals surface area (Å²) in [5.41, 5.74) is 0.846. The number of carbonyl (C=O) groups excluding carboxylic acids is 1. The lowest BCUT2D eigenvalue weighted by Crippen LogP contribution is -2.36. The van der Waals surface area contributed by atoms with Crippen LogP contribution in [0, 0.1) is 12.8 Å². The molecule has 0 saturated heterocycles. The molecule has 20 heavy (non-hydrogen) atoms. The maximum atomic E-state index is 12.6. The molecular formula is C15H18N2OS2. The highest BCUT2D eigenvalue weighted by molar-refractivity contribution is 7.22. The number of rotatable bonds is 4. The van der Waals surface area contributed by atoms with E-state index in [-0.39, 0.29) is 5.91 Å². The second-order valence-electron chi connectivity index (χ2n) is 5.40. The zero-order valence-electron chi connectivity index (χ0n) is 11.9. The third kappa shape index (κ3) is 2.52. The van der Waals surface area contributed by atoms with E-state index in [1.807, 2.05) is 36.4 Å². The van der Waals surface area contributed by atoms with Crippen LogP contribution >= 0.6 is 22.7 Å². The van der Waals surface area contributed by atoms with Crippen molar-refractivity contribution in [3.05, 3.63) is 28.1 Å². The molecule has 0 bridgehead atoms. The first-order valence-corrected chi connectivity index (χ1v) is 8.56. The van der Waals surface area contributed by atoms with Gasteiger partial charge in [0.2, 0.25) is 0 Å². The molecule has 2 heterocycles. The first-order valence-electron chi connectivity index (χ1n) is 6.86. The number of aryl methyl sites for hydroxylation is 1. The van der Waals surface area contributed by atoms with E-state index >= 15 is 0 Å². The van der Waals surface area contributed by atoms with Gasteiger partial charge in [-0.2, -0.15) is 0 Å². The molecule has 0 aromatic carbocycles. The van der Waals surface area contributed by atoms with Crippen molar-refractivity contribution in [3.8, 4) is 9.88 Å². The number of aromatic nitrogens is 1. The second kappa shape index (κ2) is 5.30. The van der Waals surface area contributed by atoms with Gasteiger partial charge in [0, 0.05) is 13.1 Å². The van der Waals surface area contributed by atoms with Gasteiger partial charge in [0.25, 0.3) is 5.91 Å². The molecule has 0 aliphatic heterocycles. The second-order valence-corrected chi connectivity index (χ2v) is 7.35. The summed E-state index contributed by atoms with van der Waals surface area (Å²) >= 11 is 3.17. The zero-order chi connectivity index (χ0) is 14.3. The predicted octanol–water partition coefficient (Wildman–Crippen LogP) is 4.05. The van der Waals surface area contributed by atoms with Crippen LogP contribution in [0.1, 0.15) is 35.1 Å². The molecule has 5 heteroatoms. The lowest BCUT2D eigenvalue weighted by molar-refractivity contribution is 0.0731. The third-order valence-electron chi connectivity index (χ3n) is 3.96. The normalized spacial score (nSPS) is 16.1. The first-order chi connectivity index (χ1) is 9.58. The molecule has 0 spiro atoms. The van der Waals surface area contributed by atoms with E-state index in [0.29, 0.717) is 12.0 Å². The van der Waals surface area contributed by atoms with Crippen LogP contribution in [0.5, 0.6) is 0 Å². The van der Waals surface area contributed by atoms with E-state index in [9.17, 15) is 4.79 Å². The highest BCUT2D eigenvalue weighted by atomic mass is 32.1. The SMILES string of the molecule is Cc1nc(-c2cccs2)sc1C(=O)N(C)C(C)C1CC1. The number of amides is 1. The summed E-state index contributed by atoms with van der Waals surface area (Å²) < 4.78 is 0. The summed E-state index contributed by atoms with van der Waals surface area (Å²) in [7, 11) is 1.91. The van der Waals surface area contributed by atoms with E-state index < -0.39 is 0 Å². The topological polar surface area (TPSA) is 33.2 Å². The van der Waals surface area contributed by atoms with Crippen molar-refractivity contribution in [2.75, 3.05) is 7.05 Å². The number of nitrogens with zero attached hydrogens (tertiary/aromatic N) is 2. The molecule has 1 amide bonds. The van der Waals surface area contributed by atoms with E-state index in [2.05, 4.69) is 11.9 Å². The molecule has 1 saturated carbocycles. The van der Waals surface area contributed by atoms with Crippen LogP contribution in [0.15, 0.2) is 17.5 Å². The molecule has 1 fully saturated rings. The Morgan fingerprint density at radius 2 is 2.25 bits per heavy atom. The molecule has 3 rings (SSSR count). The van der Waals surface area contributed by atoms with E-state index in [1.165, 1.54) is 24.2 Å². The van der Waals surface area contributed by atoms with Crippen molar-refractivity contribution in [2.45, 2.75) is 32.7 Å². The van der Waals surface area contributed by atoms with Crippen LogP contribution in [-0.4, -0.2) is 28.9 Å². The Hall–Kier alpha value is -1.20. The first kappa shape index (κ1) is 13.8. The lowest BCUT2D eigenvalue weighted by atomic mass is 10.2. The van der Waals surface area contributed by atoms with Gasteiger partial charge in [0.15, 0.2) is 0 Å². The molecule has 1 unspecified atom stereocenters. The third-order valence-corrected chi connectivity index (χ3v) is 6.14. The van der Waals surface area contributed by atoms with Crippen molar-refractivity contribution in [1.82, 2.24) is 9.88 Å². The molecule has 1 aliphatic carbocycles. The van der Waals surface area contributed by atoms with Crippen LogP contribution in [0.3, 0.4) is 0 Å². The molecule has 3 nitrogen and oxygen atoms in total. The molecule has 1 aliphatic rings. The summed E-state index contributed by atoms with van der Waals surface area (Å²) in [4.78, 5) is 21.0. The largest absolute Gasteiger partial charge is 0.338 e. The van der Waals surface area contributed by atoms with E-state index in [1.54, 1.807) is 11.3 Å². The van der Waals surface area contributed by atoms with Gasteiger partial charge in [-0.15, -0.1) is 22.7 Å². The Bertz CT molecular complexity index is 614. The van der Waals surface area contributed by atoms with Gasteiger partial charge in [0.1, 0.15) is 9.88 Å². The fourth-order valence-corrected chi connectivity index (χ4v) is 4.19. The minimum atomic E-state index is 0.113. The van der Waals surface area contributed by atoms with Gasteiger partial charge in [0.05, 0.1) is 10.6 Å². The average molecular weight is 306 g/mol. The van der Waals surface area contributed by atoms with Crippen LogP contribution < -0.4 is 0 Å². The minimum absolute atomic E-state index is 0.113. The van der Waals surface area contributed by atoms with Crippen molar-refractivity contribution in [3.63, 3.8) is 0 Å². The van der Waals surface area contributed by atoms with Gasteiger partial charge in [-0.25, -0.2) is 4.98 Å². The van der Waals surface area contributed by atoms with Crippen molar-refractivity contribution in [1.29, 1.82) is 0 Å². The van der Waals surface area contributed by atoms with Crippen LogP contribution in [0.25, 0.3) is 9.88 Å². The van der Waals surface area contributed by atoms with Gasteiger partial charge in [-0.1, -0.05) is 6.07 Å². The van der Waals surface area contributed by atoms with Gasteiger partial charge >= 0.3 is 0 Å². The molecule has 2 aromatic rings. The van der Waals surface area contributed by atoms with E-state index in [4.69, 9.17) is 0 Å². The average Bonchev–Trinajstić information content (AvgIpc) is 3.00. The molecule has 0 N–H and O–H groups in total. The number of carbonyl (C=O) groups is 1. The fraction of sp³-hybridized carbons (Fsp3) is 0.467. The summed E-state index contributed by atoms with van der Waals surface area (Å²) in [6.07, 6.45) is 2.50. The molecule has 0 radical (unpaired) electrons. The van der Waals surface area contributed by atoms with Crippen LogP contribution in [0.4, 0.5) is 0 Å². The fourth-order valence-electron chi connectivity index (χ4n) is 2.34. The Morgan fingerprint density at radius 1 is 1.50 bits per heavy atom. The van der Waals surface area contributed by atoms with Crippen molar-refractivity contribution < 1.29 is 4.79 Å². The molecule has 1 atom stereocenters. The minimum Gasteiger partial charge on any atom is -0.338 e. The van der Waals surface area contributed by atoms with Crippen molar-refractivity contribution >= 4 is 28.6 Å². The summed E-state index contributed by atoms with van der Waals surface area (Å²) in [5, 5.41) is 2.99. The number of thiophene rings is 1. The Kier molecular flexibility index (Phi) is 3.65. The monoisotopic (exact) mass is 306 g/mol. The number of hydrogen-bond acceptors (Lipinski definition) is 4. The Balaban J connectivity index is 1.84. The highest BCUT2D eigenvalue weighted by Crippen LogP contribution is 2.36. The zero-order valence-corrected chi connectivity index (χ0v) is 13.6. The maximum absolute atomic E-state index is 12.6. The van der Waals surface area contributed by atoms with E-state index in [0.717, 1.165) is 20.5 Å². The maximum Gasteiger partial charge on any atom is 0.265 e. The standard InChI is InChI=1S/C15H18N2OS2/c1-9-13(15(18)17(3)10(2)11-6-7-11)20-14(16-9)12-5-4-8-19-12/h4-5,8,10-11H,6-7H2,1-3H3. The van der Waals surface area contributed by atoms with Crippen LogP contribution in [-0.2, 0) is 0 Å². The van der Waals surface area contributed by atoms with Gasteiger partial charge < -0.3 is 4.90 Å². The summed E-state index contributed by atoms with van der Waals surface area (Å²) in [5.74, 6) is 0.802. The van der Waals surface area contributed by atoms with Crippen LogP contribution in [0.2, 0.25) is 0 Å². The van der Waals surface area contributed by atoms with Crippen molar-refractivity contribution in [2.24, 2.45) is 5.92 Å². The number of thiazole rings is 1. The smallest absolute Gasteiger partial charge is 0.265 e. The van der Waals surface area contributed by atoms with Gasteiger partial charge in [-0.05, 0) is 44.1 Å². The predicted molar refractivity (Wildman–Crippen MR) is 84.4 cm³/mol. The Labute approximate surface area is 127 Å². The Morgan fingerprint density at radius 3 is 2.85 bits per heavy atom. The quantitative estimate of drug-likeness (QED) is 0.853. The lowest BCUT2D eigenvalue weighted by Gasteiger charge is -2.24. The summed E-state index contributed by atoms with van der Waals surface area (Å²) in [6, 6.07) is 4.39. The molecule has 2 aromatic heterocycles. The highest BCUT2D eigenvalue weighted by Gasteiger charge is 2.33. The van der Waals surface area contributed by atoms with Gasteiger partial charge in [-0.3, -0.25) is 4.79 Å². The number of hydrogen-bond donors (Lipinski definition) is 0.